The Balaban J connectivity index is 2.08. The van der Waals surface area contributed by atoms with Gasteiger partial charge in [0.1, 0.15) is 12.6 Å². The molecule has 0 fully saturated rings. The third-order valence-electron chi connectivity index (χ3n) is 6.55. The first-order chi connectivity index (χ1) is 19.2. The number of carbonyl (C=O) groups is 2. The van der Waals surface area contributed by atoms with E-state index in [-0.39, 0.29) is 33.2 Å². The number of anilines is 1. The summed E-state index contributed by atoms with van der Waals surface area (Å²) in [6.45, 7) is 6.48. The van der Waals surface area contributed by atoms with Crippen LogP contribution >= 0.6 is 46.4 Å². The third-order valence-corrected chi connectivity index (χ3v) is 9.36. The number of amides is 2. The lowest BCUT2D eigenvalue weighted by molar-refractivity contribution is -0.139. The van der Waals surface area contributed by atoms with Gasteiger partial charge in [-0.2, -0.15) is 0 Å². The van der Waals surface area contributed by atoms with Crippen molar-refractivity contribution in [1.82, 2.24) is 10.2 Å². The first-order valence-electron chi connectivity index (χ1n) is 12.8. The molecule has 0 saturated carbocycles. The fourth-order valence-electron chi connectivity index (χ4n) is 3.93. The fraction of sp³-hybridized carbons (Fsp3) is 0.310. The van der Waals surface area contributed by atoms with E-state index in [0.717, 1.165) is 9.87 Å². The first-order valence-corrected chi connectivity index (χ1v) is 15.8. The molecule has 7 nitrogen and oxygen atoms in total. The molecule has 0 spiro atoms. The zero-order valence-corrected chi connectivity index (χ0v) is 26.8. The van der Waals surface area contributed by atoms with Gasteiger partial charge in [-0.25, -0.2) is 8.42 Å². The van der Waals surface area contributed by atoms with E-state index < -0.39 is 34.4 Å². The normalized spacial score (nSPS) is 12.9. The summed E-state index contributed by atoms with van der Waals surface area (Å²) in [7, 11) is -4.26. The summed E-state index contributed by atoms with van der Waals surface area (Å²) in [5.74, 6) is -1.04. The van der Waals surface area contributed by atoms with E-state index >= 15 is 0 Å². The van der Waals surface area contributed by atoms with E-state index in [1.165, 1.54) is 41.3 Å². The molecular weight excluding hydrogens is 628 g/mol. The predicted octanol–water partition coefficient (Wildman–Crippen LogP) is 7.14. The van der Waals surface area contributed by atoms with E-state index in [1.54, 1.807) is 31.2 Å². The second-order valence-electron chi connectivity index (χ2n) is 9.70. The molecule has 3 aromatic rings. The number of nitrogens with zero attached hydrogens (tertiary/aromatic N) is 2. The van der Waals surface area contributed by atoms with Crippen molar-refractivity contribution in [3.63, 3.8) is 0 Å². The Morgan fingerprint density at radius 1 is 0.878 bits per heavy atom. The molecule has 0 heterocycles. The second kappa shape index (κ2) is 14.1. The molecule has 2 amide bonds. The maximum absolute atomic E-state index is 14.0. The molecule has 12 heteroatoms. The lowest BCUT2D eigenvalue weighted by Crippen LogP contribution is -2.52. The highest BCUT2D eigenvalue weighted by Gasteiger charge is 2.33. The van der Waals surface area contributed by atoms with Crippen LogP contribution in [0.15, 0.2) is 65.6 Å². The second-order valence-corrected chi connectivity index (χ2v) is 13.3. The van der Waals surface area contributed by atoms with Crippen LogP contribution in [-0.2, 0) is 26.2 Å². The predicted molar refractivity (Wildman–Crippen MR) is 167 cm³/mol. The number of aryl methyl sites for hydroxylation is 1. The molecule has 220 valence electrons. The topological polar surface area (TPSA) is 86.8 Å². The largest absolute Gasteiger partial charge is 0.352 e. The summed E-state index contributed by atoms with van der Waals surface area (Å²) in [6, 6.07) is 14.2. The maximum Gasteiger partial charge on any atom is 0.264 e. The smallest absolute Gasteiger partial charge is 0.264 e. The molecular formula is C29H31Cl4N3O4S. The van der Waals surface area contributed by atoms with Crippen LogP contribution in [0.3, 0.4) is 0 Å². The maximum atomic E-state index is 14.0. The van der Waals surface area contributed by atoms with Gasteiger partial charge in [0.05, 0.1) is 10.6 Å². The molecule has 3 aromatic carbocycles. The summed E-state index contributed by atoms with van der Waals surface area (Å²) in [5.41, 5.74) is 1.49. The zero-order chi connectivity index (χ0) is 30.5. The molecule has 0 bridgehead atoms. The van der Waals surface area contributed by atoms with Gasteiger partial charge in [-0.15, -0.1) is 0 Å². The number of carbonyl (C=O) groups excluding carboxylic acids is 2. The molecule has 2 atom stereocenters. The van der Waals surface area contributed by atoms with E-state index in [9.17, 15) is 18.0 Å². The molecule has 0 aliphatic rings. The van der Waals surface area contributed by atoms with Gasteiger partial charge in [0.25, 0.3) is 10.0 Å². The molecule has 0 aliphatic heterocycles. The summed E-state index contributed by atoms with van der Waals surface area (Å²) in [5, 5.41) is 3.97. The third kappa shape index (κ3) is 8.52. The molecule has 41 heavy (non-hydrogen) atoms. The van der Waals surface area contributed by atoms with Crippen LogP contribution in [0.2, 0.25) is 20.1 Å². The molecule has 0 aromatic heterocycles. The Labute approximate surface area is 261 Å². The van der Waals surface area contributed by atoms with Crippen LogP contribution in [0.5, 0.6) is 0 Å². The van der Waals surface area contributed by atoms with E-state index in [4.69, 9.17) is 46.4 Å². The van der Waals surface area contributed by atoms with Gasteiger partial charge < -0.3 is 10.2 Å². The summed E-state index contributed by atoms with van der Waals surface area (Å²) < 4.78 is 28.8. The quantitative estimate of drug-likeness (QED) is 0.237. The SMILES string of the molecule is CC[C@@H](C)NC(=O)[C@H](C)N(Cc1ccc(Cl)cc1Cl)C(=O)CN(c1cc(Cl)cc(Cl)c1)S(=O)(=O)c1ccc(C)cc1. The van der Waals surface area contributed by atoms with Gasteiger partial charge in [0, 0.05) is 32.7 Å². The van der Waals surface area contributed by atoms with Gasteiger partial charge in [0.15, 0.2) is 0 Å². The standard InChI is InChI=1S/C29H31Cl4N3O4S/c1-5-19(3)34-29(38)20(4)35(16-21-8-9-22(30)15-27(21)33)28(37)17-36(25-13-23(31)12-24(32)14-25)41(39,40)26-10-6-18(2)7-11-26/h6-15,19-20H,5,16-17H2,1-4H3,(H,34,38)/t19-,20+/m1/s1. The molecule has 0 unspecified atom stereocenters. The van der Waals surface area contributed by atoms with Crippen molar-refractivity contribution in [3.05, 3.63) is 91.9 Å². The van der Waals surface area contributed by atoms with E-state index in [2.05, 4.69) is 5.32 Å². The number of hydrogen-bond acceptors (Lipinski definition) is 4. The number of sulfonamides is 1. The lowest BCUT2D eigenvalue weighted by Gasteiger charge is -2.32. The van der Waals surface area contributed by atoms with Gasteiger partial charge in [0.2, 0.25) is 11.8 Å². The summed E-state index contributed by atoms with van der Waals surface area (Å²) >= 11 is 24.9. The van der Waals surface area contributed by atoms with Crippen molar-refractivity contribution in [2.75, 3.05) is 10.8 Å². The van der Waals surface area contributed by atoms with Crippen molar-refractivity contribution >= 4 is 73.9 Å². The minimum atomic E-state index is -4.26. The minimum Gasteiger partial charge on any atom is -0.352 e. The van der Waals surface area contributed by atoms with Crippen LogP contribution in [0.25, 0.3) is 0 Å². The van der Waals surface area contributed by atoms with Crippen molar-refractivity contribution in [1.29, 1.82) is 0 Å². The van der Waals surface area contributed by atoms with Gasteiger partial charge in [-0.1, -0.05) is 77.1 Å². The van der Waals surface area contributed by atoms with Gasteiger partial charge >= 0.3 is 0 Å². The van der Waals surface area contributed by atoms with E-state index in [0.29, 0.717) is 22.0 Å². The van der Waals surface area contributed by atoms with Crippen LogP contribution in [0, 0.1) is 6.92 Å². The van der Waals surface area contributed by atoms with Gasteiger partial charge in [-0.05, 0) is 75.2 Å². The van der Waals surface area contributed by atoms with Crippen molar-refractivity contribution in [2.24, 2.45) is 0 Å². The monoisotopic (exact) mass is 657 g/mol. The summed E-state index contributed by atoms with van der Waals surface area (Å²) in [4.78, 5) is 28.4. The highest BCUT2D eigenvalue weighted by molar-refractivity contribution is 7.92. The number of halogens is 4. The molecule has 0 radical (unpaired) electrons. The molecule has 0 saturated heterocycles. The highest BCUT2D eigenvalue weighted by atomic mass is 35.5. The van der Waals surface area contributed by atoms with Crippen LogP contribution in [0.4, 0.5) is 5.69 Å². The Hall–Kier alpha value is -2.49. The van der Waals surface area contributed by atoms with Crippen LogP contribution in [0.1, 0.15) is 38.3 Å². The summed E-state index contributed by atoms with van der Waals surface area (Å²) in [6.07, 6.45) is 0.688. The fourth-order valence-corrected chi connectivity index (χ4v) is 6.31. The van der Waals surface area contributed by atoms with Crippen molar-refractivity contribution in [2.45, 2.75) is 57.6 Å². The van der Waals surface area contributed by atoms with Gasteiger partial charge in [-0.3, -0.25) is 13.9 Å². The van der Waals surface area contributed by atoms with Crippen LogP contribution < -0.4 is 9.62 Å². The Kier molecular flexibility index (Phi) is 11.4. The average molecular weight is 659 g/mol. The number of hydrogen-bond donors (Lipinski definition) is 1. The Morgan fingerprint density at radius 2 is 1.49 bits per heavy atom. The van der Waals surface area contributed by atoms with Crippen molar-refractivity contribution < 1.29 is 18.0 Å². The Bertz CT molecular complexity index is 1500. The lowest BCUT2D eigenvalue weighted by atomic mass is 10.1. The number of nitrogens with one attached hydrogen (secondary N) is 1. The van der Waals surface area contributed by atoms with E-state index in [1.807, 2.05) is 20.8 Å². The number of benzene rings is 3. The Morgan fingerprint density at radius 3 is 2.05 bits per heavy atom. The number of rotatable bonds is 11. The van der Waals surface area contributed by atoms with Crippen molar-refractivity contribution in [3.8, 4) is 0 Å². The molecule has 3 rings (SSSR count). The zero-order valence-electron chi connectivity index (χ0n) is 23.0. The first kappa shape index (κ1) is 33.0. The molecule has 1 N–H and O–H groups in total. The average Bonchev–Trinajstić information content (AvgIpc) is 2.90. The molecule has 0 aliphatic carbocycles. The minimum absolute atomic E-state index is 0.0261. The highest BCUT2D eigenvalue weighted by Crippen LogP contribution is 2.31. The van der Waals surface area contributed by atoms with Crippen LogP contribution in [-0.4, -0.2) is 43.8 Å².